The quantitative estimate of drug-likeness (QED) is 0.328. The molecule has 0 radical (unpaired) electrons. The van der Waals surface area contributed by atoms with Gasteiger partial charge in [0, 0.05) is 26.6 Å². The van der Waals surface area contributed by atoms with Gasteiger partial charge < -0.3 is 20.6 Å². The van der Waals surface area contributed by atoms with Crippen molar-refractivity contribution >= 4 is 11.7 Å². The van der Waals surface area contributed by atoms with Crippen molar-refractivity contribution in [2.75, 3.05) is 26.8 Å². The summed E-state index contributed by atoms with van der Waals surface area (Å²) >= 11 is 0. The summed E-state index contributed by atoms with van der Waals surface area (Å²) in [5.41, 5.74) is 6.43. The molecule has 0 spiro atoms. The molecule has 0 aromatic heterocycles. The molecule has 1 rings (SSSR count). The highest BCUT2D eigenvalue weighted by molar-refractivity contribution is 5.84. The van der Waals surface area contributed by atoms with Gasteiger partial charge in [0.2, 0.25) is 5.91 Å². The number of hydrogen-bond acceptors (Lipinski definition) is 4. The number of carbonyl (C=O) groups excluding carboxylic acids is 1. The maximum atomic E-state index is 12.6. The first kappa shape index (κ1) is 17.0. The molecule has 1 unspecified atom stereocenters. The molecule has 0 bridgehead atoms. The van der Waals surface area contributed by atoms with Crippen LogP contribution in [-0.2, 0) is 9.53 Å². The molecule has 6 nitrogen and oxygen atoms in total. The molecule has 1 atom stereocenters. The Bertz CT molecular complexity index is 462. The van der Waals surface area contributed by atoms with Crippen LogP contribution in [0.5, 0.6) is 0 Å². The summed E-state index contributed by atoms with van der Waals surface area (Å²) in [6.45, 7) is 3.20. The lowest BCUT2D eigenvalue weighted by Crippen LogP contribution is -2.38. The summed E-state index contributed by atoms with van der Waals surface area (Å²) < 4.78 is 5.04. The smallest absolute Gasteiger partial charge is 0.229 e. The minimum atomic E-state index is -0.240. The van der Waals surface area contributed by atoms with E-state index < -0.39 is 0 Å². The van der Waals surface area contributed by atoms with Crippen molar-refractivity contribution in [3.63, 3.8) is 0 Å². The number of rotatable bonds is 8. The topological polar surface area (TPSA) is 88.2 Å². The van der Waals surface area contributed by atoms with Gasteiger partial charge in [-0.25, -0.2) is 0 Å². The zero-order chi connectivity index (χ0) is 15.7. The molecule has 0 saturated heterocycles. The molecule has 0 heterocycles. The van der Waals surface area contributed by atoms with E-state index in [1.54, 1.807) is 12.0 Å². The van der Waals surface area contributed by atoms with Crippen LogP contribution in [0.2, 0.25) is 0 Å². The molecule has 0 fully saturated rings. The first-order valence-corrected chi connectivity index (χ1v) is 6.89. The van der Waals surface area contributed by atoms with Crippen molar-refractivity contribution < 1.29 is 14.7 Å². The molecule has 1 aromatic rings. The highest BCUT2D eigenvalue weighted by Gasteiger charge is 2.21. The predicted octanol–water partition coefficient (Wildman–Crippen LogP) is 1.40. The number of nitrogens with two attached hydrogens (primary N) is 1. The number of benzene rings is 1. The van der Waals surface area contributed by atoms with Crippen molar-refractivity contribution in [1.29, 1.82) is 0 Å². The number of carbonyl (C=O) groups is 1. The van der Waals surface area contributed by atoms with Gasteiger partial charge in [0.1, 0.15) is 5.84 Å². The lowest BCUT2D eigenvalue weighted by Gasteiger charge is -2.25. The van der Waals surface area contributed by atoms with Crippen LogP contribution in [0.25, 0.3) is 0 Å². The van der Waals surface area contributed by atoms with Crippen molar-refractivity contribution in [2.24, 2.45) is 10.9 Å². The maximum absolute atomic E-state index is 12.6. The second-order valence-corrected chi connectivity index (χ2v) is 4.79. The summed E-state index contributed by atoms with van der Waals surface area (Å²) in [5.74, 6) is -0.128. The molecule has 1 amide bonds. The summed E-state index contributed by atoms with van der Waals surface area (Å²) in [6.07, 6.45) is 0.327. The average Bonchev–Trinajstić information content (AvgIpc) is 2.54. The Morgan fingerprint density at radius 3 is 2.62 bits per heavy atom. The normalized spacial score (nSPS) is 13.0. The lowest BCUT2D eigenvalue weighted by molar-refractivity contribution is -0.133. The van der Waals surface area contributed by atoms with Gasteiger partial charge in [0.05, 0.1) is 12.5 Å². The van der Waals surface area contributed by atoms with Crippen LogP contribution in [-0.4, -0.2) is 48.7 Å². The molecule has 6 heteroatoms. The van der Waals surface area contributed by atoms with Gasteiger partial charge in [-0.3, -0.25) is 4.79 Å². The number of nitrogens with zero attached hydrogens (tertiary/aromatic N) is 2. The Kier molecular flexibility index (Phi) is 7.25. The summed E-state index contributed by atoms with van der Waals surface area (Å²) in [5, 5.41) is 11.5. The molecule has 21 heavy (non-hydrogen) atoms. The van der Waals surface area contributed by atoms with E-state index >= 15 is 0 Å². The Hall–Kier alpha value is -2.08. The van der Waals surface area contributed by atoms with Gasteiger partial charge in [0.25, 0.3) is 0 Å². The van der Waals surface area contributed by atoms with Crippen molar-refractivity contribution in [3.05, 3.63) is 35.9 Å². The Morgan fingerprint density at radius 1 is 1.38 bits per heavy atom. The number of amidine groups is 1. The van der Waals surface area contributed by atoms with Gasteiger partial charge in [-0.05, 0) is 12.5 Å². The minimum Gasteiger partial charge on any atom is -0.409 e. The molecule has 0 aliphatic carbocycles. The second-order valence-electron chi connectivity index (χ2n) is 4.79. The largest absolute Gasteiger partial charge is 0.409 e. The highest BCUT2D eigenvalue weighted by atomic mass is 16.5. The van der Waals surface area contributed by atoms with Crippen molar-refractivity contribution in [3.8, 4) is 0 Å². The molecule has 116 valence electrons. The van der Waals surface area contributed by atoms with Crippen molar-refractivity contribution in [2.45, 2.75) is 19.3 Å². The van der Waals surface area contributed by atoms with E-state index in [-0.39, 0.29) is 17.7 Å². The van der Waals surface area contributed by atoms with Crippen LogP contribution >= 0.6 is 0 Å². The molecule has 0 aliphatic rings. The highest BCUT2D eigenvalue weighted by Crippen LogP contribution is 2.17. The van der Waals surface area contributed by atoms with Gasteiger partial charge in [-0.1, -0.05) is 35.5 Å². The molecule has 3 N–H and O–H groups in total. The molecular weight excluding hydrogens is 270 g/mol. The third-order valence-electron chi connectivity index (χ3n) is 3.31. The standard InChI is InChI=1S/C15H23N3O3/c1-12(13-6-4-3-5-7-13)15(19)18(10-11-21-2)9-8-14(16)17-20/h3-7,12,20H,8-11H2,1-2H3,(H2,16,17). The van der Waals surface area contributed by atoms with E-state index in [2.05, 4.69) is 5.16 Å². The number of oxime groups is 1. The number of ether oxygens (including phenoxy) is 1. The minimum absolute atomic E-state index is 0.00369. The summed E-state index contributed by atoms with van der Waals surface area (Å²) in [6, 6.07) is 9.60. The van der Waals surface area contributed by atoms with Crippen LogP contribution in [0.1, 0.15) is 24.8 Å². The van der Waals surface area contributed by atoms with Gasteiger partial charge in [0.15, 0.2) is 0 Å². The Balaban J connectivity index is 2.74. The van der Waals surface area contributed by atoms with Gasteiger partial charge in [-0.15, -0.1) is 0 Å². The monoisotopic (exact) mass is 293 g/mol. The third-order valence-corrected chi connectivity index (χ3v) is 3.31. The Morgan fingerprint density at radius 2 is 2.05 bits per heavy atom. The van der Waals surface area contributed by atoms with E-state index in [0.29, 0.717) is 26.1 Å². The second kappa shape index (κ2) is 8.97. The lowest BCUT2D eigenvalue weighted by atomic mass is 9.99. The maximum Gasteiger partial charge on any atom is 0.229 e. The number of methoxy groups -OCH3 is 1. The average molecular weight is 293 g/mol. The van der Waals surface area contributed by atoms with E-state index in [1.807, 2.05) is 37.3 Å². The van der Waals surface area contributed by atoms with E-state index in [1.165, 1.54) is 0 Å². The van der Waals surface area contributed by atoms with Crippen LogP contribution in [0.15, 0.2) is 35.5 Å². The third kappa shape index (κ3) is 5.43. The summed E-state index contributed by atoms with van der Waals surface area (Å²) in [7, 11) is 1.59. The fourth-order valence-corrected chi connectivity index (χ4v) is 1.99. The SMILES string of the molecule is COCCN(CC/C(N)=N/O)C(=O)C(C)c1ccccc1. The van der Waals surface area contributed by atoms with Gasteiger partial charge in [-0.2, -0.15) is 0 Å². The number of amides is 1. The molecule has 0 aliphatic heterocycles. The fraction of sp³-hybridized carbons (Fsp3) is 0.467. The van der Waals surface area contributed by atoms with Crippen LogP contribution in [0, 0.1) is 0 Å². The van der Waals surface area contributed by atoms with Gasteiger partial charge >= 0.3 is 0 Å². The first-order valence-electron chi connectivity index (χ1n) is 6.89. The Labute approximate surface area is 125 Å². The van der Waals surface area contributed by atoms with Crippen molar-refractivity contribution in [1.82, 2.24) is 4.90 Å². The molecule has 0 saturated carbocycles. The summed E-state index contributed by atoms with van der Waals surface area (Å²) in [4.78, 5) is 14.3. The zero-order valence-corrected chi connectivity index (χ0v) is 12.5. The van der Waals surface area contributed by atoms with Crippen LogP contribution in [0.3, 0.4) is 0 Å². The molecular formula is C15H23N3O3. The van der Waals surface area contributed by atoms with E-state index in [0.717, 1.165) is 5.56 Å². The van der Waals surface area contributed by atoms with Crippen LogP contribution in [0.4, 0.5) is 0 Å². The number of hydrogen-bond donors (Lipinski definition) is 2. The predicted molar refractivity (Wildman–Crippen MR) is 81.3 cm³/mol. The van der Waals surface area contributed by atoms with E-state index in [9.17, 15) is 4.79 Å². The molecule has 1 aromatic carbocycles. The van der Waals surface area contributed by atoms with E-state index in [4.69, 9.17) is 15.7 Å². The van der Waals surface area contributed by atoms with Crippen LogP contribution < -0.4 is 5.73 Å². The first-order chi connectivity index (χ1) is 10.1. The fourth-order valence-electron chi connectivity index (χ4n) is 1.99. The zero-order valence-electron chi connectivity index (χ0n) is 12.5.